The fourth-order valence-corrected chi connectivity index (χ4v) is 4.95. The molecule has 44 heavy (non-hydrogen) atoms. The molecule has 5 N–H and O–H groups in total. The van der Waals surface area contributed by atoms with Gasteiger partial charge in [-0.25, -0.2) is 4.98 Å². The summed E-state index contributed by atoms with van der Waals surface area (Å²) in [6.07, 6.45) is 1.80. The van der Waals surface area contributed by atoms with Crippen LogP contribution in [0.15, 0.2) is 60.8 Å². The molecule has 0 saturated carbocycles. The molecule has 0 fully saturated rings. The minimum Gasteiger partial charge on any atom is -0.487 e. The Morgan fingerprint density at radius 2 is 1.64 bits per heavy atom. The number of aliphatic hydroxyl groups excluding tert-OH is 2. The standard InChI is InChI=1S/C33H38ClN5O5/c1-21-26(27-7-5-9-30(22(27)2)44-20-25-11-10-23(18-37-25)17-35-12-14-40)6-4-8-29(21)38-32(42)31-28(34)16-24(19-36-13-15-41)33(39-31)43-3/h4-11,16,18,35-36,40-41H,12-15,17,19-20H2,1-3H3,(H,38,42). The average Bonchev–Trinajstić information content (AvgIpc) is 3.02. The largest absolute Gasteiger partial charge is 0.487 e. The average molecular weight is 620 g/mol. The number of rotatable bonds is 15. The van der Waals surface area contributed by atoms with E-state index < -0.39 is 5.91 Å². The van der Waals surface area contributed by atoms with Crippen molar-refractivity contribution in [3.05, 3.63) is 99.5 Å². The molecule has 0 aliphatic carbocycles. The summed E-state index contributed by atoms with van der Waals surface area (Å²) in [6.45, 7) is 6.33. The number of nitrogens with zero attached hydrogens (tertiary/aromatic N) is 2. The zero-order valence-corrected chi connectivity index (χ0v) is 25.9. The Labute approximate surface area is 262 Å². The lowest BCUT2D eigenvalue weighted by Gasteiger charge is -2.17. The van der Waals surface area contributed by atoms with Crippen LogP contribution >= 0.6 is 11.6 Å². The van der Waals surface area contributed by atoms with Crippen molar-refractivity contribution in [2.24, 2.45) is 0 Å². The zero-order valence-electron chi connectivity index (χ0n) is 25.1. The first-order valence-corrected chi connectivity index (χ1v) is 14.7. The predicted molar refractivity (Wildman–Crippen MR) is 171 cm³/mol. The molecule has 10 nitrogen and oxygen atoms in total. The second kappa shape index (κ2) is 16.1. The van der Waals surface area contributed by atoms with E-state index >= 15 is 0 Å². The zero-order chi connectivity index (χ0) is 31.5. The van der Waals surface area contributed by atoms with Crippen LogP contribution in [0.2, 0.25) is 5.02 Å². The van der Waals surface area contributed by atoms with Gasteiger partial charge in [-0.15, -0.1) is 0 Å². The van der Waals surface area contributed by atoms with E-state index in [2.05, 4.69) is 25.9 Å². The molecule has 232 valence electrons. The molecule has 0 aliphatic heterocycles. The monoisotopic (exact) mass is 619 g/mol. The molecule has 0 unspecified atom stereocenters. The molecular formula is C33H38ClN5O5. The number of methoxy groups -OCH3 is 1. The van der Waals surface area contributed by atoms with Crippen LogP contribution < -0.4 is 25.4 Å². The number of carbonyl (C=O) groups excluding carboxylic acids is 1. The van der Waals surface area contributed by atoms with Crippen LogP contribution in [-0.4, -0.2) is 59.5 Å². The van der Waals surface area contributed by atoms with Crippen molar-refractivity contribution in [3.8, 4) is 22.8 Å². The van der Waals surface area contributed by atoms with Crippen molar-refractivity contribution in [1.82, 2.24) is 20.6 Å². The molecular weight excluding hydrogens is 582 g/mol. The van der Waals surface area contributed by atoms with Crippen molar-refractivity contribution >= 4 is 23.2 Å². The number of hydrogen-bond donors (Lipinski definition) is 5. The summed E-state index contributed by atoms with van der Waals surface area (Å²) in [5, 5.41) is 27.3. The van der Waals surface area contributed by atoms with E-state index in [0.29, 0.717) is 44.0 Å². The normalized spacial score (nSPS) is 11.0. The Hall–Kier alpha value is -4.06. The number of hydrogen-bond acceptors (Lipinski definition) is 9. The first-order chi connectivity index (χ1) is 21.4. The van der Waals surface area contributed by atoms with Gasteiger partial charge in [0.1, 0.15) is 12.4 Å². The van der Waals surface area contributed by atoms with E-state index in [0.717, 1.165) is 39.3 Å². The van der Waals surface area contributed by atoms with E-state index in [1.54, 1.807) is 12.3 Å². The van der Waals surface area contributed by atoms with Gasteiger partial charge in [-0.1, -0.05) is 41.9 Å². The van der Waals surface area contributed by atoms with Gasteiger partial charge in [-0.05, 0) is 65.9 Å². The van der Waals surface area contributed by atoms with Crippen molar-refractivity contribution in [2.45, 2.75) is 33.5 Å². The molecule has 0 aliphatic rings. The summed E-state index contributed by atoms with van der Waals surface area (Å²) in [7, 11) is 1.48. The number of amides is 1. The molecule has 0 bridgehead atoms. The van der Waals surface area contributed by atoms with E-state index in [1.165, 1.54) is 7.11 Å². The molecule has 2 aromatic heterocycles. The number of ether oxygens (including phenoxy) is 2. The van der Waals surface area contributed by atoms with Crippen LogP contribution in [0.3, 0.4) is 0 Å². The first kappa shape index (κ1) is 32.8. The third-order valence-electron chi connectivity index (χ3n) is 7.06. The van der Waals surface area contributed by atoms with Crippen molar-refractivity contribution in [3.63, 3.8) is 0 Å². The second-order valence-corrected chi connectivity index (χ2v) is 10.5. The van der Waals surface area contributed by atoms with Gasteiger partial charge in [0.2, 0.25) is 5.88 Å². The molecule has 2 aromatic carbocycles. The van der Waals surface area contributed by atoms with Gasteiger partial charge < -0.3 is 35.6 Å². The maximum Gasteiger partial charge on any atom is 0.275 e. The fraction of sp³-hybridized carbons (Fsp3) is 0.303. The molecule has 11 heteroatoms. The van der Waals surface area contributed by atoms with Gasteiger partial charge >= 0.3 is 0 Å². The minimum absolute atomic E-state index is 0.00286. The Bertz CT molecular complexity index is 1570. The number of anilines is 1. The highest BCUT2D eigenvalue weighted by Gasteiger charge is 2.19. The summed E-state index contributed by atoms with van der Waals surface area (Å²) in [4.78, 5) is 22.2. The number of benzene rings is 2. The van der Waals surface area contributed by atoms with Gasteiger partial charge in [0.15, 0.2) is 5.69 Å². The van der Waals surface area contributed by atoms with Crippen LogP contribution in [0.25, 0.3) is 11.1 Å². The quantitative estimate of drug-likeness (QED) is 0.122. The fourth-order valence-electron chi connectivity index (χ4n) is 4.69. The first-order valence-electron chi connectivity index (χ1n) is 14.3. The second-order valence-electron chi connectivity index (χ2n) is 10.1. The Balaban J connectivity index is 1.49. The summed E-state index contributed by atoms with van der Waals surface area (Å²) >= 11 is 6.46. The highest BCUT2D eigenvalue weighted by molar-refractivity contribution is 6.34. The third kappa shape index (κ3) is 8.31. The summed E-state index contributed by atoms with van der Waals surface area (Å²) < 4.78 is 11.5. The van der Waals surface area contributed by atoms with Gasteiger partial charge in [0, 0.05) is 43.6 Å². The van der Waals surface area contributed by atoms with Gasteiger partial charge in [0.05, 0.1) is 31.0 Å². The van der Waals surface area contributed by atoms with E-state index in [-0.39, 0.29) is 29.8 Å². The number of pyridine rings is 2. The smallest absolute Gasteiger partial charge is 0.275 e. The van der Waals surface area contributed by atoms with E-state index in [1.807, 2.05) is 62.4 Å². The van der Waals surface area contributed by atoms with E-state index in [4.69, 9.17) is 31.3 Å². The molecule has 1 amide bonds. The van der Waals surface area contributed by atoms with Crippen molar-refractivity contribution < 1.29 is 24.5 Å². The Morgan fingerprint density at radius 3 is 2.32 bits per heavy atom. The number of nitrogens with one attached hydrogen (secondary N) is 3. The Kier molecular flexibility index (Phi) is 12.0. The lowest BCUT2D eigenvalue weighted by atomic mass is 9.95. The summed E-state index contributed by atoms with van der Waals surface area (Å²) in [5.74, 6) is 0.562. The van der Waals surface area contributed by atoms with Crippen LogP contribution in [0, 0.1) is 13.8 Å². The van der Waals surface area contributed by atoms with Crippen LogP contribution in [-0.2, 0) is 19.7 Å². The third-order valence-corrected chi connectivity index (χ3v) is 7.35. The topological polar surface area (TPSA) is 138 Å². The molecule has 4 aromatic rings. The van der Waals surface area contributed by atoms with Gasteiger partial charge in [-0.2, -0.15) is 0 Å². The summed E-state index contributed by atoms with van der Waals surface area (Å²) in [6, 6.07) is 17.2. The maximum atomic E-state index is 13.3. The SMILES string of the molecule is COc1nc(C(=O)Nc2cccc(-c3cccc(OCc4ccc(CNCCO)cn4)c3C)c2C)c(Cl)cc1CNCCO. The number of carbonyl (C=O) groups is 1. The Morgan fingerprint density at radius 1 is 0.932 bits per heavy atom. The molecule has 2 heterocycles. The lowest BCUT2D eigenvalue weighted by Crippen LogP contribution is -2.20. The van der Waals surface area contributed by atoms with Gasteiger partial charge in [0.25, 0.3) is 5.91 Å². The highest BCUT2D eigenvalue weighted by atomic mass is 35.5. The van der Waals surface area contributed by atoms with Crippen molar-refractivity contribution in [2.75, 3.05) is 38.7 Å². The number of aromatic nitrogens is 2. The number of aliphatic hydroxyl groups is 2. The molecule has 4 rings (SSSR count). The summed E-state index contributed by atoms with van der Waals surface area (Å²) in [5.41, 5.74) is 6.96. The maximum absolute atomic E-state index is 13.3. The molecule has 0 atom stereocenters. The van der Waals surface area contributed by atoms with Crippen molar-refractivity contribution in [1.29, 1.82) is 0 Å². The van der Waals surface area contributed by atoms with Gasteiger partial charge in [-0.3, -0.25) is 9.78 Å². The number of halogens is 1. The van der Waals surface area contributed by atoms with Crippen LogP contribution in [0.5, 0.6) is 11.6 Å². The predicted octanol–water partition coefficient (Wildman–Crippen LogP) is 4.42. The molecule has 0 saturated heterocycles. The lowest BCUT2D eigenvalue weighted by molar-refractivity contribution is 0.102. The minimum atomic E-state index is -0.458. The van der Waals surface area contributed by atoms with E-state index in [9.17, 15) is 4.79 Å². The molecule has 0 spiro atoms. The molecule has 0 radical (unpaired) electrons. The van der Waals surface area contributed by atoms with Crippen LogP contribution in [0.4, 0.5) is 5.69 Å². The highest BCUT2D eigenvalue weighted by Crippen LogP contribution is 2.35. The van der Waals surface area contributed by atoms with Crippen LogP contribution in [0.1, 0.15) is 38.4 Å².